The van der Waals surface area contributed by atoms with Crippen molar-refractivity contribution in [2.75, 3.05) is 5.73 Å². The van der Waals surface area contributed by atoms with Crippen molar-refractivity contribution in [3.05, 3.63) is 57.0 Å². The van der Waals surface area contributed by atoms with Crippen molar-refractivity contribution in [1.82, 2.24) is 0 Å². The van der Waals surface area contributed by atoms with Gasteiger partial charge in [0.1, 0.15) is 12.4 Å². The van der Waals surface area contributed by atoms with Crippen LogP contribution in [-0.2, 0) is 6.61 Å². The Morgan fingerprint density at radius 3 is 2.67 bits per heavy atom. The van der Waals surface area contributed by atoms with E-state index in [0.717, 1.165) is 26.4 Å². The Balaban J connectivity index is 2.11. The fourth-order valence-electron chi connectivity index (χ4n) is 1.60. The fraction of sp³-hybridized carbons (Fsp3) is 0.143. The number of anilines is 1. The molecule has 0 bridgehead atoms. The van der Waals surface area contributed by atoms with Crippen molar-refractivity contribution in [2.24, 2.45) is 0 Å². The van der Waals surface area contributed by atoms with Crippen LogP contribution in [0.1, 0.15) is 11.1 Å². The Morgan fingerprint density at radius 2 is 2.00 bits per heavy atom. The van der Waals surface area contributed by atoms with E-state index in [4.69, 9.17) is 22.1 Å². The zero-order chi connectivity index (χ0) is 13.1. The molecule has 0 aliphatic carbocycles. The van der Waals surface area contributed by atoms with E-state index in [0.29, 0.717) is 12.3 Å². The number of halogens is 2. The van der Waals surface area contributed by atoms with Crippen molar-refractivity contribution >= 4 is 33.2 Å². The Kier molecular flexibility index (Phi) is 4.15. The van der Waals surface area contributed by atoms with Gasteiger partial charge in [0.05, 0.1) is 0 Å². The quantitative estimate of drug-likeness (QED) is 0.838. The number of hydrogen-bond acceptors (Lipinski definition) is 2. The van der Waals surface area contributed by atoms with Crippen LogP contribution < -0.4 is 10.5 Å². The summed E-state index contributed by atoms with van der Waals surface area (Å²) in [5.74, 6) is 0.721. The Hall–Kier alpha value is -1.19. The van der Waals surface area contributed by atoms with Gasteiger partial charge in [-0.15, -0.1) is 0 Å². The van der Waals surface area contributed by atoms with Gasteiger partial charge in [-0.25, -0.2) is 0 Å². The maximum absolute atomic E-state index is 6.14. The lowest BCUT2D eigenvalue weighted by Crippen LogP contribution is -1.97. The third-order valence-electron chi connectivity index (χ3n) is 2.50. The first kappa shape index (κ1) is 13.2. The third kappa shape index (κ3) is 3.40. The number of hydrogen-bond donors (Lipinski definition) is 1. The molecule has 4 heteroatoms. The van der Waals surface area contributed by atoms with Crippen LogP contribution in [0.25, 0.3) is 0 Å². The van der Waals surface area contributed by atoms with Crippen molar-refractivity contribution in [1.29, 1.82) is 0 Å². The van der Waals surface area contributed by atoms with E-state index in [1.54, 1.807) is 6.07 Å². The maximum Gasteiger partial charge on any atom is 0.122 e. The smallest absolute Gasteiger partial charge is 0.122 e. The molecule has 2 N–H and O–H groups in total. The standard InChI is InChI=1S/C14H13BrClNO/c1-9-2-3-10(14(16)4-9)8-18-13-6-11(15)5-12(17)7-13/h2-7H,8,17H2,1H3. The molecule has 0 atom stereocenters. The molecule has 0 amide bonds. The van der Waals surface area contributed by atoms with Crippen LogP contribution in [0.2, 0.25) is 5.02 Å². The molecule has 18 heavy (non-hydrogen) atoms. The zero-order valence-corrected chi connectivity index (χ0v) is 12.3. The van der Waals surface area contributed by atoms with E-state index in [1.807, 2.05) is 37.3 Å². The molecule has 0 aliphatic rings. The minimum absolute atomic E-state index is 0.426. The zero-order valence-electron chi connectivity index (χ0n) is 9.91. The minimum Gasteiger partial charge on any atom is -0.489 e. The first-order valence-corrected chi connectivity index (χ1v) is 6.65. The predicted molar refractivity (Wildman–Crippen MR) is 79.1 cm³/mol. The largest absolute Gasteiger partial charge is 0.489 e. The highest BCUT2D eigenvalue weighted by atomic mass is 79.9. The summed E-state index contributed by atoms with van der Waals surface area (Å²) >= 11 is 9.52. The van der Waals surface area contributed by atoms with Gasteiger partial charge in [-0.3, -0.25) is 0 Å². The summed E-state index contributed by atoms with van der Waals surface area (Å²) in [4.78, 5) is 0. The average Bonchev–Trinajstić information content (AvgIpc) is 2.26. The minimum atomic E-state index is 0.426. The van der Waals surface area contributed by atoms with Gasteiger partial charge in [0.25, 0.3) is 0 Å². The molecular weight excluding hydrogens is 314 g/mol. The van der Waals surface area contributed by atoms with Gasteiger partial charge in [0.15, 0.2) is 0 Å². The molecule has 0 saturated heterocycles. The van der Waals surface area contributed by atoms with E-state index in [1.165, 1.54) is 0 Å². The van der Waals surface area contributed by atoms with E-state index in [9.17, 15) is 0 Å². The van der Waals surface area contributed by atoms with Crippen LogP contribution in [0.15, 0.2) is 40.9 Å². The van der Waals surface area contributed by atoms with Crippen LogP contribution in [-0.4, -0.2) is 0 Å². The van der Waals surface area contributed by atoms with Gasteiger partial charge in [-0.2, -0.15) is 0 Å². The van der Waals surface area contributed by atoms with Crippen LogP contribution in [0, 0.1) is 6.92 Å². The molecule has 0 saturated carbocycles. The van der Waals surface area contributed by atoms with Crippen LogP contribution in [0.5, 0.6) is 5.75 Å². The van der Waals surface area contributed by atoms with E-state index in [-0.39, 0.29) is 0 Å². The first-order valence-electron chi connectivity index (χ1n) is 5.48. The normalized spacial score (nSPS) is 10.4. The number of aryl methyl sites for hydroxylation is 1. The van der Waals surface area contributed by atoms with Crippen molar-refractivity contribution in [3.63, 3.8) is 0 Å². The lowest BCUT2D eigenvalue weighted by molar-refractivity contribution is 0.306. The summed E-state index contributed by atoms with van der Waals surface area (Å²) in [7, 11) is 0. The summed E-state index contributed by atoms with van der Waals surface area (Å²) in [6, 6.07) is 11.4. The van der Waals surface area contributed by atoms with Gasteiger partial charge < -0.3 is 10.5 Å². The Morgan fingerprint density at radius 1 is 1.22 bits per heavy atom. The summed E-state index contributed by atoms with van der Waals surface area (Å²) in [6.07, 6.45) is 0. The third-order valence-corrected chi connectivity index (χ3v) is 3.31. The molecule has 0 aromatic heterocycles. The second kappa shape index (κ2) is 5.63. The number of rotatable bonds is 3. The van der Waals surface area contributed by atoms with Crippen molar-refractivity contribution < 1.29 is 4.74 Å². The molecule has 94 valence electrons. The second-order valence-corrected chi connectivity index (χ2v) is 5.43. The lowest BCUT2D eigenvalue weighted by atomic mass is 10.1. The summed E-state index contributed by atoms with van der Waals surface area (Å²) in [5, 5.41) is 0.720. The lowest BCUT2D eigenvalue weighted by Gasteiger charge is -2.09. The molecule has 0 heterocycles. The van der Waals surface area contributed by atoms with Gasteiger partial charge >= 0.3 is 0 Å². The maximum atomic E-state index is 6.14. The summed E-state index contributed by atoms with van der Waals surface area (Å²) < 4.78 is 6.58. The molecule has 2 aromatic rings. The topological polar surface area (TPSA) is 35.2 Å². The van der Waals surface area contributed by atoms with Gasteiger partial charge in [0, 0.05) is 26.8 Å². The Labute approximate surface area is 120 Å². The number of nitrogens with two attached hydrogens (primary N) is 1. The van der Waals surface area contributed by atoms with Gasteiger partial charge in [0.2, 0.25) is 0 Å². The highest BCUT2D eigenvalue weighted by molar-refractivity contribution is 9.10. The molecule has 2 aromatic carbocycles. The molecule has 2 rings (SSSR count). The molecule has 0 aliphatic heterocycles. The van der Waals surface area contributed by atoms with Crippen molar-refractivity contribution in [3.8, 4) is 5.75 Å². The number of benzene rings is 2. The van der Waals surface area contributed by atoms with E-state index < -0.39 is 0 Å². The van der Waals surface area contributed by atoms with Crippen molar-refractivity contribution in [2.45, 2.75) is 13.5 Å². The fourth-order valence-corrected chi connectivity index (χ4v) is 2.38. The van der Waals surface area contributed by atoms with Gasteiger partial charge in [-0.05, 0) is 30.7 Å². The molecule has 2 nitrogen and oxygen atoms in total. The molecule has 0 unspecified atom stereocenters. The highest BCUT2D eigenvalue weighted by Gasteiger charge is 2.03. The second-order valence-electron chi connectivity index (χ2n) is 4.10. The molecular formula is C14H13BrClNO. The predicted octanol–water partition coefficient (Wildman–Crippen LogP) is 4.57. The number of nitrogen functional groups attached to an aromatic ring is 1. The summed E-state index contributed by atoms with van der Waals surface area (Å²) in [5.41, 5.74) is 8.50. The van der Waals surface area contributed by atoms with E-state index >= 15 is 0 Å². The summed E-state index contributed by atoms with van der Waals surface area (Å²) in [6.45, 7) is 2.43. The average molecular weight is 327 g/mol. The monoisotopic (exact) mass is 325 g/mol. The molecule has 0 spiro atoms. The highest BCUT2D eigenvalue weighted by Crippen LogP contribution is 2.25. The van der Waals surface area contributed by atoms with Crippen LogP contribution >= 0.6 is 27.5 Å². The first-order chi connectivity index (χ1) is 8.54. The SMILES string of the molecule is Cc1ccc(COc2cc(N)cc(Br)c2)c(Cl)c1. The molecule has 0 fully saturated rings. The van der Waals surface area contributed by atoms with Crippen LogP contribution in [0.3, 0.4) is 0 Å². The molecule has 0 radical (unpaired) electrons. The van der Waals surface area contributed by atoms with E-state index in [2.05, 4.69) is 15.9 Å². The van der Waals surface area contributed by atoms with Crippen LogP contribution in [0.4, 0.5) is 5.69 Å². The number of ether oxygens (including phenoxy) is 1. The van der Waals surface area contributed by atoms with Gasteiger partial charge in [-0.1, -0.05) is 39.7 Å². The Bertz CT molecular complexity index is 551.